The van der Waals surface area contributed by atoms with Gasteiger partial charge in [0.1, 0.15) is 11.3 Å². The number of hydrogen-bond acceptors (Lipinski definition) is 4. The van der Waals surface area contributed by atoms with Crippen LogP contribution in [0.25, 0.3) is 16.8 Å². The molecular formula is C28H18I2N2O4. The number of imide groups is 2. The molecule has 0 bridgehead atoms. The molecule has 5 rings (SSSR count). The van der Waals surface area contributed by atoms with Crippen molar-refractivity contribution in [1.82, 2.24) is 0 Å². The predicted molar refractivity (Wildman–Crippen MR) is 157 cm³/mol. The molecule has 1 N–H and O–H groups in total. The summed E-state index contributed by atoms with van der Waals surface area (Å²) < 4.78 is 1.41. The number of aryl methyl sites for hydroxylation is 1. The first-order valence-electron chi connectivity index (χ1n) is 10.9. The zero-order valence-electron chi connectivity index (χ0n) is 18.9. The molecule has 4 amide bonds. The molecule has 1 fully saturated rings. The fourth-order valence-corrected chi connectivity index (χ4v) is 6.08. The molecular weight excluding hydrogens is 682 g/mol. The van der Waals surface area contributed by atoms with Gasteiger partial charge in [0, 0.05) is 14.5 Å². The van der Waals surface area contributed by atoms with Crippen LogP contribution in [0.1, 0.15) is 11.1 Å². The summed E-state index contributed by atoms with van der Waals surface area (Å²) in [5.74, 6) is -1.54. The number of aromatic hydroxyl groups is 1. The van der Waals surface area contributed by atoms with Gasteiger partial charge >= 0.3 is 6.03 Å². The summed E-state index contributed by atoms with van der Waals surface area (Å²) >= 11 is 4.10. The molecule has 0 saturated carbocycles. The zero-order valence-corrected chi connectivity index (χ0v) is 23.2. The Hall–Kier alpha value is -3.25. The van der Waals surface area contributed by atoms with Crippen LogP contribution >= 0.6 is 45.2 Å². The van der Waals surface area contributed by atoms with Gasteiger partial charge in [-0.1, -0.05) is 48.5 Å². The van der Waals surface area contributed by atoms with Crippen LogP contribution in [-0.4, -0.2) is 23.0 Å². The van der Waals surface area contributed by atoms with E-state index in [1.165, 1.54) is 6.08 Å². The highest BCUT2D eigenvalue weighted by Crippen LogP contribution is 2.35. The third kappa shape index (κ3) is 4.28. The van der Waals surface area contributed by atoms with E-state index in [0.29, 0.717) is 25.9 Å². The smallest absolute Gasteiger partial charge is 0.343 e. The summed E-state index contributed by atoms with van der Waals surface area (Å²) in [6.45, 7) is 1.86. The summed E-state index contributed by atoms with van der Waals surface area (Å²) in [7, 11) is 0. The summed E-state index contributed by atoms with van der Waals surface area (Å²) in [5.41, 5.74) is 1.68. The number of halogens is 2. The molecule has 1 heterocycles. The molecule has 6 nitrogen and oxygen atoms in total. The van der Waals surface area contributed by atoms with Crippen molar-refractivity contribution >= 4 is 91.3 Å². The van der Waals surface area contributed by atoms with Crippen molar-refractivity contribution in [3.05, 3.63) is 103 Å². The third-order valence-electron chi connectivity index (χ3n) is 5.87. The molecule has 1 aliphatic rings. The van der Waals surface area contributed by atoms with Gasteiger partial charge in [0.2, 0.25) is 0 Å². The van der Waals surface area contributed by atoms with Crippen LogP contribution in [0, 0.1) is 14.1 Å². The number of amides is 4. The topological polar surface area (TPSA) is 77.9 Å². The van der Waals surface area contributed by atoms with Gasteiger partial charge in [-0.05, 0) is 99.5 Å². The predicted octanol–water partition coefficient (Wildman–Crippen LogP) is 6.65. The number of phenolic OH excluding ortho intramolecular Hbond substituents is 1. The van der Waals surface area contributed by atoms with Gasteiger partial charge in [-0.3, -0.25) is 9.59 Å². The summed E-state index contributed by atoms with van der Waals surface area (Å²) in [6, 6.07) is 22.5. The van der Waals surface area contributed by atoms with Crippen LogP contribution in [0.2, 0.25) is 0 Å². The van der Waals surface area contributed by atoms with Crippen molar-refractivity contribution in [3.8, 4) is 5.75 Å². The van der Waals surface area contributed by atoms with E-state index in [4.69, 9.17) is 0 Å². The van der Waals surface area contributed by atoms with Gasteiger partial charge in [-0.2, -0.15) is 0 Å². The fraction of sp³-hybridized carbons (Fsp3) is 0.0357. The van der Waals surface area contributed by atoms with E-state index in [2.05, 4.69) is 22.6 Å². The monoisotopic (exact) mass is 700 g/mol. The molecule has 1 saturated heterocycles. The number of benzene rings is 4. The lowest BCUT2D eigenvalue weighted by Crippen LogP contribution is -2.57. The Morgan fingerprint density at radius 2 is 1.50 bits per heavy atom. The minimum atomic E-state index is -0.759. The molecule has 4 aromatic carbocycles. The van der Waals surface area contributed by atoms with Crippen LogP contribution in [0.15, 0.2) is 84.4 Å². The fourth-order valence-electron chi connectivity index (χ4n) is 4.19. The van der Waals surface area contributed by atoms with Crippen molar-refractivity contribution in [2.45, 2.75) is 6.92 Å². The number of anilines is 2. The van der Waals surface area contributed by atoms with E-state index >= 15 is 0 Å². The number of phenols is 1. The third-order valence-corrected chi connectivity index (χ3v) is 7.32. The van der Waals surface area contributed by atoms with E-state index in [-0.39, 0.29) is 11.3 Å². The number of hydrogen-bond donors (Lipinski definition) is 1. The first-order chi connectivity index (χ1) is 17.3. The Kier molecular flexibility index (Phi) is 6.56. The van der Waals surface area contributed by atoms with Gasteiger partial charge in [-0.15, -0.1) is 0 Å². The maximum Gasteiger partial charge on any atom is 0.343 e. The zero-order chi connectivity index (χ0) is 25.6. The Balaban J connectivity index is 1.75. The van der Waals surface area contributed by atoms with Gasteiger partial charge in [-0.25, -0.2) is 14.6 Å². The van der Waals surface area contributed by atoms with E-state index < -0.39 is 17.8 Å². The highest BCUT2D eigenvalue weighted by Gasteiger charge is 2.44. The first kappa shape index (κ1) is 24.4. The second-order valence-electron chi connectivity index (χ2n) is 8.28. The van der Waals surface area contributed by atoms with Crippen molar-refractivity contribution in [1.29, 1.82) is 0 Å². The quantitative estimate of drug-likeness (QED) is 0.148. The summed E-state index contributed by atoms with van der Waals surface area (Å²) in [5, 5.41) is 12.2. The Labute approximate surface area is 234 Å². The standard InChI is InChI=1S/C28H18I2N2O4/c1-16-6-4-9-20(12-16)31-26(34)22(14-18-13-19(29)15-23(30)25(18)33)27(35)32(28(31)36)24-11-5-8-17-7-2-3-10-21(17)24/h2-15,33H,1H3/b22-14+. The highest BCUT2D eigenvalue weighted by atomic mass is 127. The minimum absolute atomic E-state index is 0.0418. The lowest BCUT2D eigenvalue weighted by atomic mass is 10.0. The molecule has 8 heteroatoms. The second-order valence-corrected chi connectivity index (χ2v) is 10.7. The summed E-state index contributed by atoms with van der Waals surface area (Å²) in [4.78, 5) is 43.4. The highest BCUT2D eigenvalue weighted by molar-refractivity contribution is 14.1. The number of barbiturate groups is 1. The van der Waals surface area contributed by atoms with Crippen molar-refractivity contribution < 1.29 is 19.5 Å². The number of carbonyl (C=O) groups is 3. The lowest BCUT2D eigenvalue weighted by molar-refractivity contribution is -0.121. The number of rotatable bonds is 3. The number of urea groups is 1. The molecule has 36 heavy (non-hydrogen) atoms. The average molecular weight is 700 g/mol. The Bertz CT molecular complexity index is 1610. The average Bonchev–Trinajstić information content (AvgIpc) is 2.85. The normalized spacial score (nSPS) is 15.3. The first-order valence-corrected chi connectivity index (χ1v) is 13.1. The molecule has 4 aromatic rings. The second kappa shape index (κ2) is 9.66. The van der Waals surface area contributed by atoms with Crippen LogP contribution in [0.4, 0.5) is 16.2 Å². The molecule has 0 spiro atoms. The van der Waals surface area contributed by atoms with Gasteiger partial charge in [0.05, 0.1) is 14.9 Å². The van der Waals surface area contributed by atoms with Gasteiger partial charge in [0.25, 0.3) is 11.8 Å². The van der Waals surface area contributed by atoms with Crippen molar-refractivity contribution in [3.63, 3.8) is 0 Å². The van der Waals surface area contributed by atoms with Crippen LogP contribution < -0.4 is 9.80 Å². The number of nitrogens with zero attached hydrogens (tertiary/aromatic N) is 2. The van der Waals surface area contributed by atoms with E-state index in [1.54, 1.807) is 42.5 Å². The maximum absolute atomic E-state index is 13.8. The molecule has 1 aliphatic heterocycles. The Morgan fingerprint density at radius 1 is 0.806 bits per heavy atom. The molecule has 178 valence electrons. The largest absolute Gasteiger partial charge is 0.506 e. The molecule has 0 aromatic heterocycles. The maximum atomic E-state index is 13.8. The minimum Gasteiger partial charge on any atom is -0.506 e. The van der Waals surface area contributed by atoms with Crippen molar-refractivity contribution in [2.75, 3.05) is 9.80 Å². The van der Waals surface area contributed by atoms with Crippen LogP contribution in [-0.2, 0) is 9.59 Å². The van der Waals surface area contributed by atoms with E-state index in [1.807, 2.05) is 65.9 Å². The molecule has 0 radical (unpaired) electrons. The number of fused-ring (bicyclic) bond motifs is 1. The Morgan fingerprint density at radius 3 is 2.28 bits per heavy atom. The van der Waals surface area contributed by atoms with Crippen molar-refractivity contribution in [2.24, 2.45) is 0 Å². The van der Waals surface area contributed by atoms with E-state index in [0.717, 1.165) is 24.3 Å². The lowest BCUT2D eigenvalue weighted by Gasteiger charge is -2.34. The summed E-state index contributed by atoms with van der Waals surface area (Å²) in [6.07, 6.45) is 1.36. The van der Waals surface area contributed by atoms with Gasteiger partial charge < -0.3 is 5.11 Å². The molecule has 0 aliphatic carbocycles. The van der Waals surface area contributed by atoms with Crippen LogP contribution in [0.5, 0.6) is 5.75 Å². The van der Waals surface area contributed by atoms with Crippen LogP contribution in [0.3, 0.4) is 0 Å². The van der Waals surface area contributed by atoms with Gasteiger partial charge in [0.15, 0.2) is 0 Å². The SMILES string of the molecule is Cc1cccc(N2C(=O)/C(=C\c3cc(I)cc(I)c3O)C(=O)N(c3cccc4ccccc34)C2=O)c1. The molecule has 0 unspecified atom stereocenters. The number of carbonyl (C=O) groups excluding carboxylic acids is 3. The van der Waals surface area contributed by atoms with E-state index in [9.17, 15) is 19.5 Å². The molecule has 0 atom stereocenters.